The van der Waals surface area contributed by atoms with Crippen LogP contribution < -0.4 is 0 Å². The number of Topliss-reactive ketones (excluding diaryl/α,β-unsaturated/α-hetero) is 3. The fourth-order valence-electron chi connectivity index (χ4n) is 5.33. The van der Waals surface area contributed by atoms with Crippen LogP contribution in [-0.2, 0) is 4.79 Å². The third-order valence-electron chi connectivity index (χ3n) is 7.04. The predicted molar refractivity (Wildman–Crippen MR) is 115 cm³/mol. The first-order chi connectivity index (χ1) is 13.9. The van der Waals surface area contributed by atoms with Crippen LogP contribution in [0.25, 0.3) is 10.8 Å². The Morgan fingerprint density at radius 1 is 0.967 bits per heavy atom. The maximum atomic E-state index is 13.7. The molecule has 0 aromatic heterocycles. The molecule has 1 fully saturated rings. The number of fused-ring (bicyclic) bond motifs is 3. The molecule has 0 saturated heterocycles. The molecule has 4 atom stereocenters. The number of rotatable bonds is 2. The molecule has 2 aliphatic rings. The number of ketones is 3. The van der Waals surface area contributed by atoms with Gasteiger partial charge in [0.2, 0.25) is 0 Å². The number of carbonyl (C=O) groups is 3. The summed E-state index contributed by atoms with van der Waals surface area (Å²) in [5.74, 6) is -3.55. The minimum absolute atomic E-state index is 0.131. The SMILES string of the molecule is CC(=O)C1(O)CC2C(=O)c3c(c(O)c4ccccc4c3O)C(=O)C2C([Si](C)(C)C)C1. The normalized spacial score (nSPS) is 28.9. The van der Waals surface area contributed by atoms with Crippen molar-refractivity contribution in [3.8, 4) is 11.5 Å². The Kier molecular flexibility index (Phi) is 4.49. The van der Waals surface area contributed by atoms with Crippen LogP contribution in [0.4, 0.5) is 0 Å². The van der Waals surface area contributed by atoms with Gasteiger partial charge in [-0.2, -0.15) is 0 Å². The number of phenols is 2. The maximum Gasteiger partial charge on any atom is 0.171 e. The van der Waals surface area contributed by atoms with Crippen molar-refractivity contribution in [3.05, 3.63) is 35.4 Å². The molecule has 2 aromatic carbocycles. The lowest BCUT2D eigenvalue weighted by Crippen LogP contribution is -2.56. The van der Waals surface area contributed by atoms with Crippen LogP contribution in [-0.4, -0.2) is 46.3 Å². The summed E-state index contributed by atoms with van der Waals surface area (Å²) in [6.45, 7) is 7.45. The Labute approximate surface area is 175 Å². The first kappa shape index (κ1) is 20.7. The molecule has 3 N–H and O–H groups in total. The van der Waals surface area contributed by atoms with Crippen molar-refractivity contribution in [2.45, 2.75) is 50.5 Å². The number of aliphatic hydroxyl groups is 1. The van der Waals surface area contributed by atoms with Crippen molar-refractivity contribution in [1.29, 1.82) is 0 Å². The molecule has 7 heteroatoms. The third kappa shape index (κ3) is 2.75. The highest BCUT2D eigenvalue weighted by atomic mass is 28.3. The quantitative estimate of drug-likeness (QED) is 0.499. The van der Waals surface area contributed by atoms with Crippen LogP contribution in [0.3, 0.4) is 0 Å². The summed E-state index contributed by atoms with van der Waals surface area (Å²) in [6, 6.07) is 6.53. The molecule has 0 radical (unpaired) electrons. The summed E-state index contributed by atoms with van der Waals surface area (Å²) in [4.78, 5) is 39.5. The van der Waals surface area contributed by atoms with Gasteiger partial charge in [0.25, 0.3) is 0 Å². The van der Waals surface area contributed by atoms with E-state index in [-0.39, 0.29) is 52.2 Å². The monoisotopic (exact) mass is 426 g/mol. The summed E-state index contributed by atoms with van der Waals surface area (Å²) < 4.78 is 0. The van der Waals surface area contributed by atoms with Crippen molar-refractivity contribution in [3.63, 3.8) is 0 Å². The second kappa shape index (κ2) is 6.49. The number of hydrogen-bond donors (Lipinski definition) is 3. The van der Waals surface area contributed by atoms with E-state index >= 15 is 0 Å². The van der Waals surface area contributed by atoms with E-state index in [1.165, 1.54) is 6.92 Å². The zero-order valence-electron chi connectivity index (χ0n) is 17.5. The van der Waals surface area contributed by atoms with Crippen LogP contribution in [0.5, 0.6) is 11.5 Å². The van der Waals surface area contributed by atoms with Crippen molar-refractivity contribution in [2.24, 2.45) is 11.8 Å². The van der Waals surface area contributed by atoms with E-state index < -0.39 is 37.1 Å². The van der Waals surface area contributed by atoms with Crippen molar-refractivity contribution >= 4 is 36.2 Å². The molecular weight excluding hydrogens is 400 g/mol. The lowest BCUT2D eigenvalue weighted by atomic mass is 9.61. The molecule has 0 aliphatic heterocycles. The summed E-state index contributed by atoms with van der Waals surface area (Å²) in [7, 11) is -2.11. The predicted octanol–water partition coefficient (Wildman–Crippen LogP) is 3.68. The minimum Gasteiger partial charge on any atom is -0.507 e. The Morgan fingerprint density at radius 3 is 1.93 bits per heavy atom. The first-order valence-electron chi connectivity index (χ1n) is 10.2. The maximum absolute atomic E-state index is 13.7. The lowest BCUT2D eigenvalue weighted by molar-refractivity contribution is -0.140. The smallest absolute Gasteiger partial charge is 0.171 e. The zero-order chi connectivity index (χ0) is 22.2. The van der Waals surface area contributed by atoms with E-state index in [0.717, 1.165) is 0 Å². The van der Waals surface area contributed by atoms with Gasteiger partial charge < -0.3 is 15.3 Å². The summed E-state index contributed by atoms with van der Waals surface area (Å²) in [5, 5.41) is 33.4. The fraction of sp³-hybridized carbons (Fsp3) is 0.435. The molecule has 6 nitrogen and oxygen atoms in total. The highest BCUT2D eigenvalue weighted by Crippen LogP contribution is 2.56. The Morgan fingerprint density at radius 2 is 1.47 bits per heavy atom. The highest BCUT2D eigenvalue weighted by molar-refractivity contribution is 6.78. The van der Waals surface area contributed by atoms with E-state index in [1.807, 2.05) is 19.6 Å². The van der Waals surface area contributed by atoms with Gasteiger partial charge in [0.1, 0.15) is 17.1 Å². The molecule has 0 bridgehead atoms. The molecular formula is C23H26O6Si. The lowest BCUT2D eigenvalue weighted by Gasteiger charge is -2.50. The number of carbonyl (C=O) groups excluding carboxylic acids is 3. The van der Waals surface area contributed by atoms with Gasteiger partial charge in [-0.15, -0.1) is 0 Å². The fourth-order valence-corrected chi connectivity index (χ4v) is 7.74. The molecule has 2 aliphatic carbocycles. The van der Waals surface area contributed by atoms with Gasteiger partial charge in [-0.25, -0.2) is 0 Å². The van der Waals surface area contributed by atoms with E-state index in [0.29, 0.717) is 5.39 Å². The van der Waals surface area contributed by atoms with Crippen LogP contribution >= 0.6 is 0 Å². The molecule has 0 heterocycles. The molecule has 4 rings (SSSR count). The third-order valence-corrected chi connectivity index (χ3v) is 9.83. The molecule has 158 valence electrons. The minimum atomic E-state index is -2.11. The van der Waals surface area contributed by atoms with E-state index in [2.05, 4.69) is 0 Å². The standard InChI is InChI=1S/C23H26O6Si/c1-11(24)23(29)9-14-16(15(10-23)30(2,3)4)22(28)18-17(21(14)27)19(25)12-7-5-6-8-13(12)20(18)26/h5-8,14-16,25-26,29H,9-10H2,1-4H3. The van der Waals surface area contributed by atoms with Gasteiger partial charge >= 0.3 is 0 Å². The summed E-state index contributed by atoms with van der Waals surface area (Å²) in [5.41, 5.74) is -2.31. The van der Waals surface area contributed by atoms with Crippen molar-refractivity contribution in [2.75, 3.05) is 0 Å². The molecule has 4 unspecified atom stereocenters. The van der Waals surface area contributed by atoms with Crippen molar-refractivity contribution in [1.82, 2.24) is 0 Å². The van der Waals surface area contributed by atoms with Crippen molar-refractivity contribution < 1.29 is 29.7 Å². The van der Waals surface area contributed by atoms with Crippen LogP contribution in [0.1, 0.15) is 40.5 Å². The molecule has 2 aromatic rings. The van der Waals surface area contributed by atoms with Crippen LogP contribution in [0.2, 0.25) is 25.2 Å². The van der Waals surface area contributed by atoms with Gasteiger partial charge in [0.15, 0.2) is 17.3 Å². The Balaban J connectivity index is 2.01. The Bertz CT molecular complexity index is 1110. The zero-order valence-corrected chi connectivity index (χ0v) is 18.5. The van der Waals surface area contributed by atoms with Gasteiger partial charge in [-0.1, -0.05) is 43.9 Å². The highest BCUT2D eigenvalue weighted by Gasteiger charge is 2.58. The molecule has 1 saturated carbocycles. The number of aromatic hydroxyl groups is 2. The number of hydrogen-bond acceptors (Lipinski definition) is 6. The number of phenolic OH excluding ortho intramolecular Hbond substituents is 2. The van der Waals surface area contributed by atoms with Gasteiger partial charge in [-0.05, 0) is 25.3 Å². The molecule has 0 spiro atoms. The van der Waals surface area contributed by atoms with Gasteiger partial charge in [0.05, 0.1) is 11.1 Å². The molecule has 30 heavy (non-hydrogen) atoms. The van der Waals surface area contributed by atoms with Crippen LogP contribution in [0.15, 0.2) is 24.3 Å². The summed E-state index contributed by atoms with van der Waals surface area (Å²) in [6.07, 6.45) is -0.0150. The second-order valence-corrected chi connectivity index (χ2v) is 15.3. The van der Waals surface area contributed by atoms with E-state index in [1.54, 1.807) is 24.3 Å². The van der Waals surface area contributed by atoms with Gasteiger partial charge in [0, 0.05) is 30.7 Å². The van der Waals surface area contributed by atoms with E-state index in [9.17, 15) is 29.7 Å². The topological polar surface area (TPSA) is 112 Å². The second-order valence-electron chi connectivity index (χ2n) is 9.82. The Hall–Kier alpha value is -2.51. The summed E-state index contributed by atoms with van der Waals surface area (Å²) >= 11 is 0. The van der Waals surface area contributed by atoms with E-state index in [4.69, 9.17) is 0 Å². The van der Waals surface area contributed by atoms with Crippen LogP contribution in [0, 0.1) is 11.8 Å². The average Bonchev–Trinajstić information content (AvgIpc) is 2.67. The largest absolute Gasteiger partial charge is 0.507 e. The number of benzene rings is 2. The first-order valence-corrected chi connectivity index (χ1v) is 13.7. The average molecular weight is 427 g/mol. The molecule has 0 amide bonds. The van der Waals surface area contributed by atoms with Gasteiger partial charge in [-0.3, -0.25) is 14.4 Å².